The monoisotopic (exact) mass is 440 g/mol. The van der Waals surface area contributed by atoms with Gasteiger partial charge in [0, 0.05) is 22.2 Å². The second-order valence-corrected chi connectivity index (χ2v) is 7.97. The van der Waals surface area contributed by atoms with E-state index in [-0.39, 0.29) is 6.10 Å². The maximum Gasteiger partial charge on any atom is 0.351 e. The van der Waals surface area contributed by atoms with Crippen molar-refractivity contribution in [3.05, 3.63) is 75.9 Å². The zero-order valence-electron chi connectivity index (χ0n) is 16.2. The zero-order valence-corrected chi connectivity index (χ0v) is 17.7. The van der Waals surface area contributed by atoms with Crippen LogP contribution in [0, 0.1) is 0 Å². The van der Waals surface area contributed by atoms with Crippen LogP contribution in [0.15, 0.2) is 54.9 Å². The number of hydrogen-bond donors (Lipinski definition) is 0. The first kappa shape index (κ1) is 20.1. The van der Waals surface area contributed by atoms with Crippen LogP contribution in [-0.2, 0) is 4.74 Å². The lowest BCUT2D eigenvalue weighted by Gasteiger charge is -2.16. The number of thiophene rings is 1. The van der Waals surface area contributed by atoms with E-state index in [1.807, 2.05) is 29.7 Å². The van der Waals surface area contributed by atoms with Crippen molar-refractivity contribution in [3.63, 3.8) is 0 Å². The number of aromatic nitrogens is 2. The van der Waals surface area contributed by atoms with Crippen LogP contribution in [0.2, 0.25) is 5.02 Å². The third-order valence-corrected chi connectivity index (χ3v) is 6.09. The molecule has 0 aliphatic heterocycles. The van der Waals surface area contributed by atoms with Crippen LogP contribution in [0.5, 0.6) is 5.75 Å². The molecule has 4 rings (SSSR count). The smallest absolute Gasteiger partial charge is 0.351 e. The predicted octanol–water partition coefficient (Wildman–Crippen LogP) is 5.48. The van der Waals surface area contributed by atoms with E-state index in [1.165, 1.54) is 18.4 Å². The van der Waals surface area contributed by atoms with E-state index in [4.69, 9.17) is 21.1 Å². The number of benzene rings is 2. The summed E-state index contributed by atoms with van der Waals surface area (Å²) in [5.74, 6) is -0.103. The van der Waals surface area contributed by atoms with Gasteiger partial charge in [0.2, 0.25) is 0 Å². The highest BCUT2D eigenvalue weighted by Crippen LogP contribution is 2.37. The summed E-state index contributed by atoms with van der Waals surface area (Å²) in [7, 11) is 1.33. The molecule has 0 bridgehead atoms. The maximum atomic E-state index is 12.4. The minimum atomic E-state index is -0.495. The molecule has 0 radical (unpaired) electrons. The van der Waals surface area contributed by atoms with E-state index in [2.05, 4.69) is 4.98 Å². The fourth-order valence-corrected chi connectivity index (χ4v) is 4.42. The Kier molecular flexibility index (Phi) is 5.57. The van der Waals surface area contributed by atoms with E-state index in [1.54, 1.807) is 36.7 Å². The normalized spacial score (nSPS) is 12.0. The molecule has 0 aliphatic carbocycles. The Morgan fingerprint density at radius 2 is 2.03 bits per heavy atom. The standard InChI is InChI=1S/C22H17ClN2O4S/c1-13(15-5-3-4-6-16(15)23)29-19-10-20(30-21(19)22(27)28-2)25-12-24-17-8-7-14(11-26)9-18(17)25/h3-13H,1-2H3/t13-/m1/s1. The number of carbonyl (C=O) groups is 2. The third-order valence-electron chi connectivity index (χ3n) is 4.65. The van der Waals surface area contributed by atoms with Gasteiger partial charge in [-0.25, -0.2) is 9.78 Å². The molecular weight excluding hydrogens is 424 g/mol. The number of carbonyl (C=O) groups excluding carboxylic acids is 2. The number of hydrogen-bond acceptors (Lipinski definition) is 6. The van der Waals surface area contributed by atoms with Crippen LogP contribution in [0.1, 0.15) is 38.6 Å². The number of nitrogens with zero attached hydrogens (tertiary/aromatic N) is 2. The summed E-state index contributed by atoms with van der Waals surface area (Å²) in [6.07, 6.45) is 2.05. The Balaban J connectivity index is 1.77. The number of imidazole rings is 1. The van der Waals surface area contributed by atoms with Gasteiger partial charge in [0.15, 0.2) is 4.88 Å². The first-order valence-electron chi connectivity index (χ1n) is 9.07. The highest BCUT2D eigenvalue weighted by molar-refractivity contribution is 7.16. The van der Waals surface area contributed by atoms with Crippen LogP contribution in [0.4, 0.5) is 0 Å². The first-order valence-corrected chi connectivity index (χ1v) is 10.3. The molecule has 2 heterocycles. The molecule has 0 saturated carbocycles. The second kappa shape index (κ2) is 8.30. The Labute approximate surface area is 181 Å². The summed E-state index contributed by atoms with van der Waals surface area (Å²) in [6, 6.07) is 14.4. The van der Waals surface area contributed by atoms with Gasteiger partial charge in [-0.1, -0.05) is 29.8 Å². The van der Waals surface area contributed by atoms with Crippen molar-refractivity contribution in [2.75, 3.05) is 7.11 Å². The van der Waals surface area contributed by atoms with Crippen LogP contribution in [0.3, 0.4) is 0 Å². The molecule has 2 aromatic carbocycles. The van der Waals surface area contributed by atoms with Gasteiger partial charge < -0.3 is 9.47 Å². The number of ether oxygens (including phenoxy) is 2. The molecule has 0 unspecified atom stereocenters. The van der Waals surface area contributed by atoms with Gasteiger partial charge >= 0.3 is 5.97 Å². The molecule has 8 heteroatoms. The molecule has 0 N–H and O–H groups in total. The van der Waals surface area contributed by atoms with Gasteiger partial charge in [0.25, 0.3) is 0 Å². The van der Waals surface area contributed by atoms with Gasteiger partial charge in [0.1, 0.15) is 29.5 Å². The quantitative estimate of drug-likeness (QED) is 0.293. The van der Waals surface area contributed by atoms with Crippen LogP contribution < -0.4 is 4.74 Å². The average Bonchev–Trinajstić information content (AvgIpc) is 3.36. The van der Waals surface area contributed by atoms with Gasteiger partial charge in [-0.3, -0.25) is 9.36 Å². The molecule has 0 saturated heterocycles. The van der Waals surface area contributed by atoms with Crippen molar-refractivity contribution in [2.24, 2.45) is 0 Å². The van der Waals surface area contributed by atoms with E-state index in [0.29, 0.717) is 26.2 Å². The average molecular weight is 441 g/mol. The summed E-state index contributed by atoms with van der Waals surface area (Å²) in [6.45, 7) is 1.86. The highest BCUT2D eigenvalue weighted by Gasteiger charge is 2.23. The van der Waals surface area contributed by atoms with Crippen LogP contribution in [0.25, 0.3) is 16.0 Å². The Bertz CT molecular complexity index is 1250. The fourth-order valence-electron chi connectivity index (χ4n) is 3.14. The van der Waals surface area contributed by atoms with E-state index >= 15 is 0 Å². The lowest BCUT2D eigenvalue weighted by atomic mass is 10.1. The number of fused-ring (bicyclic) bond motifs is 1. The number of aldehydes is 1. The fraction of sp³-hybridized carbons (Fsp3) is 0.136. The number of esters is 1. The summed E-state index contributed by atoms with van der Waals surface area (Å²) in [4.78, 5) is 28.3. The van der Waals surface area contributed by atoms with Crippen molar-refractivity contribution in [1.82, 2.24) is 9.55 Å². The highest BCUT2D eigenvalue weighted by atomic mass is 35.5. The SMILES string of the molecule is COC(=O)c1sc(-n2cnc3ccc(C=O)cc32)cc1O[C@H](C)c1ccccc1Cl. The largest absolute Gasteiger partial charge is 0.484 e. The molecule has 0 spiro atoms. The number of rotatable bonds is 6. The van der Waals surface area contributed by atoms with Gasteiger partial charge in [-0.2, -0.15) is 0 Å². The molecule has 0 fully saturated rings. The van der Waals surface area contributed by atoms with Crippen LogP contribution in [-0.4, -0.2) is 28.9 Å². The topological polar surface area (TPSA) is 70.4 Å². The minimum absolute atomic E-state index is 0.333. The minimum Gasteiger partial charge on any atom is -0.484 e. The molecule has 0 aliphatic rings. The molecule has 1 atom stereocenters. The van der Waals surface area contributed by atoms with Crippen molar-refractivity contribution in [1.29, 1.82) is 0 Å². The molecule has 6 nitrogen and oxygen atoms in total. The molecule has 30 heavy (non-hydrogen) atoms. The first-order chi connectivity index (χ1) is 14.5. The lowest BCUT2D eigenvalue weighted by Crippen LogP contribution is -2.07. The van der Waals surface area contributed by atoms with Crippen LogP contribution >= 0.6 is 22.9 Å². The zero-order chi connectivity index (χ0) is 21.3. The summed E-state index contributed by atoms with van der Waals surface area (Å²) >= 11 is 7.51. The molecule has 2 aromatic heterocycles. The molecule has 0 amide bonds. The Morgan fingerprint density at radius 1 is 1.23 bits per heavy atom. The van der Waals surface area contributed by atoms with Gasteiger partial charge in [-0.05, 0) is 31.2 Å². The number of halogens is 1. The Hall–Kier alpha value is -3.16. The maximum absolute atomic E-state index is 12.4. The Morgan fingerprint density at radius 3 is 2.77 bits per heavy atom. The van der Waals surface area contributed by atoms with E-state index < -0.39 is 5.97 Å². The van der Waals surface area contributed by atoms with Crippen molar-refractivity contribution >= 4 is 46.2 Å². The van der Waals surface area contributed by atoms with Crippen molar-refractivity contribution in [2.45, 2.75) is 13.0 Å². The summed E-state index contributed by atoms with van der Waals surface area (Å²) in [5.41, 5.74) is 2.84. The van der Waals surface area contributed by atoms with E-state index in [9.17, 15) is 9.59 Å². The van der Waals surface area contributed by atoms with Crippen molar-refractivity contribution < 1.29 is 19.1 Å². The predicted molar refractivity (Wildman–Crippen MR) is 116 cm³/mol. The molecular formula is C22H17ClN2O4S. The van der Waals surface area contributed by atoms with Crippen molar-refractivity contribution in [3.8, 4) is 10.8 Å². The van der Waals surface area contributed by atoms with Gasteiger partial charge in [0.05, 0.1) is 18.1 Å². The summed E-state index contributed by atoms with van der Waals surface area (Å²) < 4.78 is 12.9. The number of methoxy groups -OCH3 is 1. The second-order valence-electron chi connectivity index (χ2n) is 6.53. The lowest BCUT2D eigenvalue weighted by molar-refractivity contribution is 0.0600. The van der Waals surface area contributed by atoms with E-state index in [0.717, 1.165) is 22.9 Å². The molecule has 4 aromatic rings. The van der Waals surface area contributed by atoms with Gasteiger partial charge in [-0.15, -0.1) is 11.3 Å². The summed E-state index contributed by atoms with van der Waals surface area (Å²) in [5, 5.41) is 1.30. The molecule has 152 valence electrons. The third kappa shape index (κ3) is 3.69.